The number of amides is 1. The maximum atomic E-state index is 12.5. The average molecular weight is 345 g/mol. The highest BCUT2D eigenvalue weighted by Crippen LogP contribution is 2.26. The van der Waals surface area contributed by atoms with E-state index in [1.807, 2.05) is 38.1 Å². The smallest absolute Gasteiger partial charge is 0.227 e. The van der Waals surface area contributed by atoms with E-state index in [1.165, 1.54) is 0 Å². The summed E-state index contributed by atoms with van der Waals surface area (Å²) in [5.74, 6) is 0.482. The number of hydrogen-bond acceptors (Lipinski definition) is 3. The zero-order valence-electron chi connectivity index (χ0n) is 15.6. The summed E-state index contributed by atoms with van der Waals surface area (Å²) in [7, 11) is 0. The Morgan fingerprint density at radius 2 is 1.96 bits per heavy atom. The Kier molecular flexibility index (Phi) is 7.18. The predicted molar refractivity (Wildman–Crippen MR) is 99.4 cm³/mol. The van der Waals surface area contributed by atoms with Crippen LogP contribution in [0, 0.1) is 11.8 Å². The number of nitrogens with one attached hydrogen (secondary N) is 1. The molecule has 1 amide bonds. The third-order valence-corrected chi connectivity index (χ3v) is 5.64. The number of benzene rings is 1. The number of carbonyl (C=O) groups is 2. The molecule has 0 heterocycles. The third kappa shape index (κ3) is 5.15. The Labute approximate surface area is 151 Å². The molecule has 2 N–H and O–H groups in total. The van der Waals surface area contributed by atoms with Crippen LogP contribution in [0.25, 0.3) is 0 Å². The summed E-state index contributed by atoms with van der Waals surface area (Å²) in [6, 6.07) is 7.82. The van der Waals surface area contributed by atoms with Gasteiger partial charge in [0, 0.05) is 12.3 Å². The van der Waals surface area contributed by atoms with E-state index < -0.39 is 0 Å². The van der Waals surface area contributed by atoms with Crippen LogP contribution in [0.4, 0.5) is 0 Å². The summed E-state index contributed by atoms with van der Waals surface area (Å²) in [5, 5.41) is 12.4. The van der Waals surface area contributed by atoms with Gasteiger partial charge in [-0.15, -0.1) is 0 Å². The highest BCUT2D eigenvalue weighted by atomic mass is 16.3. The van der Waals surface area contributed by atoms with E-state index in [1.54, 1.807) is 0 Å². The number of Topliss-reactive ketones (excluding diaryl/α,β-unsaturated/α-hetero) is 1. The Hall–Kier alpha value is -1.68. The standard InChI is InChI=1S/C21H31NO3/c1-4-14(2)19(13-23)22-21(25)15(3)17-10-8-16(9-11-17)12-18-6-5-7-20(18)24/h8-11,14-15,18-19,23H,4-7,12-13H2,1-3H3,(H,22,25). The van der Waals surface area contributed by atoms with E-state index in [4.69, 9.17) is 0 Å². The van der Waals surface area contributed by atoms with Crippen molar-refractivity contribution in [2.75, 3.05) is 6.61 Å². The molecule has 0 aliphatic heterocycles. The van der Waals surface area contributed by atoms with Crippen LogP contribution in [0.15, 0.2) is 24.3 Å². The van der Waals surface area contributed by atoms with Gasteiger partial charge in [0.25, 0.3) is 0 Å². The molecule has 0 spiro atoms. The number of aliphatic hydroxyl groups excluding tert-OH is 1. The van der Waals surface area contributed by atoms with E-state index in [0.29, 0.717) is 5.78 Å². The van der Waals surface area contributed by atoms with E-state index >= 15 is 0 Å². The molecule has 1 aromatic carbocycles. The van der Waals surface area contributed by atoms with Crippen LogP contribution in [-0.2, 0) is 16.0 Å². The number of carbonyl (C=O) groups excluding carboxylic acids is 2. The van der Waals surface area contributed by atoms with Gasteiger partial charge in [-0.1, -0.05) is 44.5 Å². The van der Waals surface area contributed by atoms with E-state index in [2.05, 4.69) is 12.2 Å². The second kappa shape index (κ2) is 9.14. The van der Waals surface area contributed by atoms with Crippen LogP contribution in [0.5, 0.6) is 0 Å². The molecule has 4 nitrogen and oxygen atoms in total. The van der Waals surface area contributed by atoms with Gasteiger partial charge >= 0.3 is 0 Å². The molecule has 1 aliphatic carbocycles. The first-order valence-electron chi connectivity index (χ1n) is 9.49. The third-order valence-electron chi connectivity index (χ3n) is 5.64. The summed E-state index contributed by atoms with van der Waals surface area (Å²) in [4.78, 5) is 24.3. The predicted octanol–water partition coefficient (Wildman–Crippen LogP) is 3.23. The molecule has 0 aromatic heterocycles. The normalized spacial score (nSPS) is 21.0. The monoisotopic (exact) mass is 345 g/mol. The molecular weight excluding hydrogens is 314 g/mol. The van der Waals surface area contributed by atoms with Gasteiger partial charge in [0.2, 0.25) is 5.91 Å². The molecule has 4 heteroatoms. The Bertz CT molecular complexity index is 581. The first-order valence-corrected chi connectivity index (χ1v) is 9.49. The number of hydrogen-bond donors (Lipinski definition) is 2. The van der Waals surface area contributed by atoms with Crippen molar-refractivity contribution in [2.45, 2.75) is 64.8 Å². The molecule has 0 bridgehead atoms. The fourth-order valence-corrected chi connectivity index (χ4v) is 3.44. The van der Waals surface area contributed by atoms with Crippen molar-refractivity contribution in [1.29, 1.82) is 0 Å². The maximum Gasteiger partial charge on any atom is 0.227 e. The van der Waals surface area contributed by atoms with E-state index in [9.17, 15) is 14.7 Å². The topological polar surface area (TPSA) is 66.4 Å². The molecule has 2 rings (SSSR count). The van der Waals surface area contributed by atoms with Crippen molar-refractivity contribution in [3.8, 4) is 0 Å². The van der Waals surface area contributed by atoms with Gasteiger partial charge in [-0.25, -0.2) is 0 Å². The minimum atomic E-state index is -0.264. The first-order chi connectivity index (χ1) is 12.0. The van der Waals surface area contributed by atoms with Gasteiger partial charge in [-0.3, -0.25) is 9.59 Å². The van der Waals surface area contributed by atoms with Gasteiger partial charge in [0.1, 0.15) is 5.78 Å². The van der Waals surface area contributed by atoms with E-state index in [-0.39, 0.29) is 36.3 Å². The quantitative estimate of drug-likeness (QED) is 0.760. The number of rotatable bonds is 8. The van der Waals surface area contributed by atoms with Crippen molar-refractivity contribution < 1.29 is 14.7 Å². The lowest BCUT2D eigenvalue weighted by Gasteiger charge is -2.24. The largest absolute Gasteiger partial charge is 0.394 e. The lowest BCUT2D eigenvalue weighted by atomic mass is 9.93. The Balaban J connectivity index is 1.95. The van der Waals surface area contributed by atoms with Crippen LogP contribution in [0.1, 0.15) is 63.5 Å². The second-order valence-corrected chi connectivity index (χ2v) is 7.41. The van der Waals surface area contributed by atoms with Crippen molar-refractivity contribution >= 4 is 11.7 Å². The van der Waals surface area contributed by atoms with Gasteiger partial charge < -0.3 is 10.4 Å². The minimum absolute atomic E-state index is 0.0399. The maximum absolute atomic E-state index is 12.5. The fraction of sp³-hybridized carbons (Fsp3) is 0.619. The number of ketones is 1. The molecule has 0 radical (unpaired) electrons. The highest BCUT2D eigenvalue weighted by Gasteiger charge is 2.25. The molecule has 1 saturated carbocycles. The second-order valence-electron chi connectivity index (χ2n) is 7.41. The zero-order valence-corrected chi connectivity index (χ0v) is 15.6. The van der Waals surface area contributed by atoms with Crippen LogP contribution in [-0.4, -0.2) is 29.4 Å². The molecule has 1 fully saturated rings. The van der Waals surface area contributed by atoms with Crippen LogP contribution in [0.2, 0.25) is 0 Å². The van der Waals surface area contributed by atoms with Crippen LogP contribution in [0.3, 0.4) is 0 Å². The van der Waals surface area contributed by atoms with E-state index in [0.717, 1.165) is 43.2 Å². The molecule has 1 aromatic rings. The first kappa shape index (κ1) is 19.6. The van der Waals surface area contributed by atoms with Gasteiger partial charge in [0.15, 0.2) is 0 Å². The van der Waals surface area contributed by atoms with Gasteiger partial charge in [-0.05, 0) is 43.2 Å². The van der Waals surface area contributed by atoms with Crippen molar-refractivity contribution in [3.63, 3.8) is 0 Å². The minimum Gasteiger partial charge on any atom is -0.394 e. The molecule has 4 atom stereocenters. The lowest BCUT2D eigenvalue weighted by Crippen LogP contribution is -2.43. The average Bonchev–Trinajstić information content (AvgIpc) is 3.03. The molecular formula is C21H31NO3. The highest BCUT2D eigenvalue weighted by molar-refractivity contribution is 5.84. The molecule has 25 heavy (non-hydrogen) atoms. The van der Waals surface area contributed by atoms with Crippen molar-refractivity contribution in [2.24, 2.45) is 11.8 Å². The van der Waals surface area contributed by atoms with Gasteiger partial charge in [-0.2, -0.15) is 0 Å². The Morgan fingerprint density at radius 3 is 2.48 bits per heavy atom. The van der Waals surface area contributed by atoms with Gasteiger partial charge in [0.05, 0.1) is 18.6 Å². The van der Waals surface area contributed by atoms with Crippen LogP contribution < -0.4 is 5.32 Å². The van der Waals surface area contributed by atoms with Crippen molar-refractivity contribution in [1.82, 2.24) is 5.32 Å². The van der Waals surface area contributed by atoms with Crippen LogP contribution >= 0.6 is 0 Å². The molecule has 138 valence electrons. The molecule has 4 unspecified atom stereocenters. The SMILES string of the molecule is CCC(C)C(CO)NC(=O)C(C)c1ccc(CC2CCCC2=O)cc1. The summed E-state index contributed by atoms with van der Waals surface area (Å²) < 4.78 is 0. The van der Waals surface area contributed by atoms with Crippen molar-refractivity contribution in [3.05, 3.63) is 35.4 Å². The summed E-state index contributed by atoms with van der Waals surface area (Å²) >= 11 is 0. The molecule has 0 saturated heterocycles. The lowest BCUT2D eigenvalue weighted by molar-refractivity contribution is -0.123. The zero-order chi connectivity index (χ0) is 18.4. The summed E-state index contributed by atoms with van der Waals surface area (Å²) in [6.45, 7) is 5.93. The molecule has 1 aliphatic rings. The Morgan fingerprint density at radius 1 is 1.28 bits per heavy atom. The fourth-order valence-electron chi connectivity index (χ4n) is 3.44. The summed E-state index contributed by atoms with van der Waals surface area (Å²) in [6.07, 6.45) is 4.45. The number of aliphatic hydroxyl groups is 1. The summed E-state index contributed by atoms with van der Waals surface area (Å²) in [5.41, 5.74) is 2.12.